The molecule has 0 aromatic heterocycles. The molecule has 0 saturated carbocycles. The Kier molecular flexibility index (Phi) is 6.91. The van der Waals surface area contributed by atoms with Crippen LogP contribution in [0.3, 0.4) is 0 Å². The minimum Gasteiger partial charge on any atom is -0.490 e. The van der Waals surface area contributed by atoms with Gasteiger partial charge in [0.2, 0.25) is 0 Å². The zero-order chi connectivity index (χ0) is 22.3. The Morgan fingerprint density at radius 2 is 1.88 bits per heavy atom. The van der Waals surface area contributed by atoms with Crippen molar-refractivity contribution in [2.24, 2.45) is 0 Å². The van der Waals surface area contributed by atoms with Crippen molar-refractivity contribution in [3.63, 3.8) is 0 Å². The summed E-state index contributed by atoms with van der Waals surface area (Å²) in [4.78, 5) is 24.7. The summed E-state index contributed by atoms with van der Waals surface area (Å²) in [5.41, 5.74) is 2.57. The maximum Gasteiger partial charge on any atom is 0.319 e. The lowest BCUT2D eigenvalue weighted by Crippen LogP contribution is -2.35. The van der Waals surface area contributed by atoms with Gasteiger partial charge in [-0.1, -0.05) is 12.1 Å². The molecule has 4 rings (SSSR count). The Hall–Kier alpha value is -3.52. The summed E-state index contributed by atoms with van der Waals surface area (Å²) in [5, 5.41) is 8.44. The van der Waals surface area contributed by atoms with Gasteiger partial charge in [0.25, 0.3) is 5.91 Å². The summed E-state index contributed by atoms with van der Waals surface area (Å²) in [6.07, 6.45) is 3.90. The van der Waals surface area contributed by atoms with Gasteiger partial charge in [-0.15, -0.1) is 0 Å². The first-order chi connectivity index (χ1) is 15.6. The Labute approximate surface area is 186 Å². The smallest absolute Gasteiger partial charge is 0.319 e. The number of nitrogens with one attached hydrogen (secondary N) is 3. The number of carbonyl (C=O) groups is 2. The first kappa shape index (κ1) is 21.7. The highest BCUT2D eigenvalue weighted by Crippen LogP contribution is 2.36. The number of hydrogen-bond acceptors (Lipinski definition) is 5. The lowest BCUT2D eigenvalue weighted by Gasteiger charge is -2.20. The normalized spacial score (nSPS) is 16.9. The molecule has 0 bridgehead atoms. The molecule has 2 aromatic carbocycles. The minimum atomic E-state index is -0.285. The molecule has 2 aromatic rings. The van der Waals surface area contributed by atoms with E-state index < -0.39 is 0 Å². The predicted molar refractivity (Wildman–Crippen MR) is 122 cm³/mol. The van der Waals surface area contributed by atoms with Crippen LogP contribution in [0.1, 0.15) is 25.3 Å². The number of urea groups is 1. The van der Waals surface area contributed by atoms with Crippen LogP contribution in [0.4, 0.5) is 16.2 Å². The van der Waals surface area contributed by atoms with Gasteiger partial charge in [-0.25, -0.2) is 4.79 Å². The Morgan fingerprint density at radius 1 is 1.09 bits per heavy atom. The molecule has 1 unspecified atom stereocenters. The number of anilines is 2. The van der Waals surface area contributed by atoms with E-state index in [2.05, 4.69) is 16.0 Å². The summed E-state index contributed by atoms with van der Waals surface area (Å²) in [6.45, 7) is 3.86. The van der Waals surface area contributed by atoms with Crippen molar-refractivity contribution in [3.05, 3.63) is 53.6 Å². The van der Waals surface area contributed by atoms with Crippen LogP contribution in [-0.2, 0) is 9.53 Å². The molecule has 32 heavy (non-hydrogen) atoms. The van der Waals surface area contributed by atoms with E-state index in [9.17, 15) is 9.59 Å². The second-order valence-electron chi connectivity index (χ2n) is 7.57. The van der Waals surface area contributed by atoms with E-state index in [-0.39, 0.29) is 24.6 Å². The molecule has 1 atom stereocenters. The van der Waals surface area contributed by atoms with Crippen molar-refractivity contribution >= 4 is 29.4 Å². The topological polar surface area (TPSA) is 97.9 Å². The van der Waals surface area contributed by atoms with Crippen molar-refractivity contribution in [1.82, 2.24) is 5.32 Å². The lowest BCUT2D eigenvalue weighted by atomic mass is 10.1. The highest BCUT2D eigenvalue weighted by molar-refractivity contribution is 6.07. The molecule has 8 nitrogen and oxygen atoms in total. The second kappa shape index (κ2) is 10.2. The standard InChI is InChI=1S/C24H27N3O5/c1-2-30-21-7-3-5-16-13-17(15-32-22(16)21)23(28)26-18-8-10-19(11-9-18)27-24(29)25-14-20-6-4-12-31-20/h3,5,7-11,13,20H,2,4,6,12,14-15H2,1H3,(H,26,28)(H2,25,27,29). The van der Waals surface area contributed by atoms with Gasteiger partial charge in [-0.2, -0.15) is 0 Å². The largest absolute Gasteiger partial charge is 0.490 e. The first-order valence-electron chi connectivity index (χ1n) is 10.8. The number of para-hydroxylation sites is 1. The number of fused-ring (bicyclic) bond motifs is 1. The quantitative estimate of drug-likeness (QED) is 0.612. The molecule has 0 radical (unpaired) electrons. The van der Waals surface area contributed by atoms with Gasteiger partial charge in [-0.05, 0) is 56.2 Å². The SMILES string of the molecule is CCOc1cccc2c1OCC(C(=O)Nc1ccc(NC(=O)NCC3CCCO3)cc1)=C2. The number of benzene rings is 2. The maximum atomic E-state index is 12.7. The Bertz CT molecular complexity index is 997. The number of carbonyl (C=O) groups excluding carboxylic acids is 2. The van der Waals surface area contributed by atoms with Crippen molar-refractivity contribution in [3.8, 4) is 11.5 Å². The molecular formula is C24H27N3O5. The highest BCUT2D eigenvalue weighted by Gasteiger charge is 2.20. The Morgan fingerprint density at radius 3 is 2.59 bits per heavy atom. The summed E-state index contributed by atoms with van der Waals surface area (Å²) in [7, 11) is 0. The van der Waals surface area contributed by atoms with E-state index in [1.807, 2.05) is 31.2 Å². The van der Waals surface area contributed by atoms with Gasteiger partial charge in [0, 0.05) is 30.1 Å². The minimum absolute atomic E-state index is 0.0918. The van der Waals surface area contributed by atoms with Crippen molar-refractivity contribution < 1.29 is 23.8 Å². The van der Waals surface area contributed by atoms with E-state index in [1.165, 1.54) is 0 Å². The molecule has 3 amide bonds. The molecule has 8 heteroatoms. The van der Waals surface area contributed by atoms with E-state index in [0.29, 0.717) is 41.6 Å². The number of ether oxygens (including phenoxy) is 3. The average molecular weight is 437 g/mol. The van der Waals surface area contributed by atoms with E-state index in [4.69, 9.17) is 14.2 Å². The second-order valence-corrected chi connectivity index (χ2v) is 7.57. The van der Waals surface area contributed by atoms with Gasteiger partial charge in [0.05, 0.1) is 18.3 Å². The Balaban J connectivity index is 1.32. The van der Waals surface area contributed by atoms with Crippen molar-refractivity contribution in [2.45, 2.75) is 25.9 Å². The fourth-order valence-electron chi connectivity index (χ4n) is 3.62. The lowest BCUT2D eigenvalue weighted by molar-refractivity contribution is -0.113. The van der Waals surface area contributed by atoms with Crippen molar-refractivity contribution in [2.75, 3.05) is 37.0 Å². The molecule has 1 fully saturated rings. The highest BCUT2D eigenvalue weighted by atomic mass is 16.5. The summed E-state index contributed by atoms with van der Waals surface area (Å²) >= 11 is 0. The van der Waals surface area contributed by atoms with Crippen LogP contribution in [0.25, 0.3) is 6.08 Å². The zero-order valence-electron chi connectivity index (χ0n) is 18.0. The van der Waals surface area contributed by atoms with Gasteiger partial charge in [-0.3, -0.25) is 4.79 Å². The van der Waals surface area contributed by atoms with E-state index >= 15 is 0 Å². The molecule has 3 N–H and O–H groups in total. The van der Waals surface area contributed by atoms with E-state index in [0.717, 1.165) is 25.0 Å². The maximum absolute atomic E-state index is 12.7. The number of hydrogen-bond donors (Lipinski definition) is 3. The predicted octanol–water partition coefficient (Wildman–Crippen LogP) is 3.80. The van der Waals surface area contributed by atoms with Crippen LogP contribution in [0.15, 0.2) is 48.0 Å². The zero-order valence-corrected chi connectivity index (χ0v) is 18.0. The van der Waals surface area contributed by atoms with Gasteiger partial charge in [0.1, 0.15) is 6.61 Å². The molecular weight excluding hydrogens is 410 g/mol. The van der Waals surface area contributed by atoms with E-state index in [1.54, 1.807) is 24.3 Å². The van der Waals surface area contributed by atoms with Crippen LogP contribution in [0.2, 0.25) is 0 Å². The fraction of sp³-hybridized carbons (Fsp3) is 0.333. The van der Waals surface area contributed by atoms with Gasteiger partial charge < -0.3 is 30.2 Å². The van der Waals surface area contributed by atoms with Crippen LogP contribution in [0.5, 0.6) is 11.5 Å². The van der Waals surface area contributed by atoms with Gasteiger partial charge >= 0.3 is 6.03 Å². The first-order valence-corrected chi connectivity index (χ1v) is 10.8. The molecule has 2 aliphatic rings. The van der Waals surface area contributed by atoms with Crippen molar-refractivity contribution in [1.29, 1.82) is 0 Å². The molecule has 0 aliphatic carbocycles. The molecule has 1 saturated heterocycles. The summed E-state index contributed by atoms with van der Waals surface area (Å²) < 4.78 is 16.9. The molecule has 2 aliphatic heterocycles. The fourth-order valence-corrected chi connectivity index (χ4v) is 3.62. The van der Waals surface area contributed by atoms with Crippen LogP contribution >= 0.6 is 0 Å². The summed E-state index contributed by atoms with van der Waals surface area (Å²) in [6, 6.07) is 12.2. The molecule has 2 heterocycles. The number of rotatable bonds is 7. The molecule has 168 valence electrons. The van der Waals surface area contributed by atoms with Crippen LogP contribution in [-0.4, -0.2) is 44.4 Å². The monoisotopic (exact) mass is 437 g/mol. The third-order valence-corrected chi connectivity index (χ3v) is 5.22. The van der Waals surface area contributed by atoms with Crippen LogP contribution in [0, 0.1) is 0 Å². The third-order valence-electron chi connectivity index (χ3n) is 5.22. The van der Waals surface area contributed by atoms with Gasteiger partial charge in [0.15, 0.2) is 11.5 Å². The summed E-state index contributed by atoms with van der Waals surface area (Å²) in [5.74, 6) is 1.08. The number of amides is 3. The van der Waals surface area contributed by atoms with Crippen LogP contribution < -0.4 is 25.4 Å². The third kappa shape index (κ3) is 5.39. The average Bonchev–Trinajstić information content (AvgIpc) is 3.33. The molecule has 0 spiro atoms.